The molecule has 0 bridgehead atoms. The molecular weight excluding hydrogens is 488 g/mol. The van der Waals surface area contributed by atoms with Crippen LogP contribution < -0.4 is 0 Å². The van der Waals surface area contributed by atoms with Gasteiger partial charge in [0.15, 0.2) is 0 Å². The van der Waals surface area contributed by atoms with E-state index < -0.39 is 23.0 Å². The highest BCUT2D eigenvalue weighted by Gasteiger charge is 2.43. The number of phenols is 4. The molecule has 0 amide bonds. The number of cyclic esters (lactones) is 1. The van der Waals surface area contributed by atoms with Gasteiger partial charge in [-0.05, 0) is 58.1 Å². The lowest BCUT2D eigenvalue weighted by atomic mass is 9.67. The fourth-order valence-corrected chi connectivity index (χ4v) is 6.18. The van der Waals surface area contributed by atoms with Crippen molar-refractivity contribution in [3.63, 3.8) is 0 Å². The van der Waals surface area contributed by atoms with E-state index in [0.29, 0.717) is 39.3 Å². The van der Waals surface area contributed by atoms with Gasteiger partial charge >= 0.3 is 5.97 Å². The first kappa shape index (κ1) is 24.1. The zero-order valence-electron chi connectivity index (χ0n) is 21.0. The van der Waals surface area contributed by atoms with Gasteiger partial charge in [-0.15, -0.1) is 0 Å². The summed E-state index contributed by atoms with van der Waals surface area (Å²) in [5, 5.41) is 55.7. The maximum absolute atomic E-state index is 13.5. The second-order valence-electron chi connectivity index (χ2n) is 10.8. The number of aliphatic hydroxyl groups is 1. The van der Waals surface area contributed by atoms with Crippen LogP contribution >= 0.6 is 0 Å². The van der Waals surface area contributed by atoms with E-state index in [1.165, 1.54) is 6.07 Å². The molecule has 0 fully saturated rings. The number of ketones is 1. The van der Waals surface area contributed by atoms with Gasteiger partial charge in [0.25, 0.3) is 0 Å². The Morgan fingerprint density at radius 3 is 2.29 bits per heavy atom. The van der Waals surface area contributed by atoms with Crippen molar-refractivity contribution in [2.24, 2.45) is 0 Å². The number of carbonyl (C=O) groups is 2. The average molecular weight is 515 g/mol. The van der Waals surface area contributed by atoms with Crippen LogP contribution in [0.2, 0.25) is 0 Å². The summed E-state index contributed by atoms with van der Waals surface area (Å²) < 4.78 is 5.32. The van der Waals surface area contributed by atoms with Crippen LogP contribution in [0.25, 0.3) is 21.5 Å². The number of phenolic OH excluding ortho intramolecular Hbond substituents is 4. The fraction of sp³-hybridized carbons (Fsp3) is 0.267. The number of hydrogen-bond acceptors (Lipinski definition) is 8. The summed E-state index contributed by atoms with van der Waals surface area (Å²) in [6, 6.07) is 9.23. The Morgan fingerprint density at radius 2 is 1.58 bits per heavy atom. The number of rotatable bonds is 2. The molecule has 1 atom stereocenters. The van der Waals surface area contributed by atoms with Crippen LogP contribution in [-0.4, -0.2) is 43.1 Å². The number of aromatic hydroxyl groups is 4. The Bertz CT molecular complexity index is 1750. The van der Waals surface area contributed by atoms with Crippen LogP contribution in [-0.2, 0) is 16.6 Å². The molecule has 0 aromatic heterocycles. The van der Waals surface area contributed by atoms with Gasteiger partial charge in [-0.2, -0.15) is 0 Å². The minimum Gasteiger partial charge on any atom is -0.508 e. The van der Waals surface area contributed by atoms with E-state index >= 15 is 0 Å². The Hall–Kier alpha value is -4.30. The van der Waals surface area contributed by atoms with Crippen LogP contribution in [0.3, 0.4) is 0 Å². The Morgan fingerprint density at radius 1 is 0.868 bits per heavy atom. The molecule has 1 aliphatic carbocycles. The molecule has 8 nitrogen and oxygen atoms in total. The lowest BCUT2D eigenvalue weighted by Gasteiger charge is -2.35. The van der Waals surface area contributed by atoms with E-state index in [4.69, 9.17) is 4.74 Å². The van der Waals surface area contributed by atoms with Crippen molar-refractivity contribution in [2.45, 2.75) is 51.2 Å². The third-order valence-electron chi connectivity index (χ3n) is 7.95. The van der Waals surface area contributed by atoms with E-state index in [9.17, 15) is 35.1 Å². The molecule has 0 radical (unpaired) electrons. The Kier molecular flexibility index (Phi) is 4.82. The number of fused-ring (bicyclic) bond motifs is 6. The van der Waals surface area contributed by atoms with Crippen LogP contribution in [0.15, 0.2) is 36.4 Å². The average Bonchev–Trinajstić information content (AvgIpc) is 2.81. The molecule has 194 valence electrons. The highest BCUT2D eigenvalue weighted by molar-refractivity contribution is 6.22. The second-order valence-corrected chi connectivity index (χ2v) is 10.8. The smallest absolute Gasteiger partial charge is 0.344 e. The van der Waals surface area contributed by atoms with E-state index in [2.05, 4.69) is 0 Å². The number of esters is 1. The van der Waals surface area contributed by atoms with Crippen molar-refractivity contribution in [3.8, 4) is 23.0 Å². The fourth-order valence-electron chi connectivity index (χ4n) is 6.18. The third kappa shape index (κ3) is 3.07. The summed E-state index contributed by atoms with van der Waals surface area (Å²) in [5.74, 6) is -4.30. The molecule has 0 spiro atoms. The molecule has 2 aliphatic rings. The minimum atomic E-state index is -1.65. The van der Waals surface area contributed by atoms with Gasteiger partial charge in [-0.3, -0.25) is 4.79 Å². The maximum Gasteiger partial charge on any atom is 0.344 e. The molecule has 5 N–H and O–H groups in total. The monoisotopic (exact) mass is 514 g/mol. The summed E-state index contributed by atoms with van der Waals surface area (Å²) in [6.45, 7) is 5.48. The van der Waals surface area contributed by atoms with Gasteiger partial charge in [0.2, 0.25) is 11.6 Å². The lowest BCUT2D eigenvalue weighted by molar-refractivity contribution is -0.173. The van der Waals surface area contributed by atoms with Gasteiger partial charge in [-0.25, -0.2) is 4.79 Å². The van der Waals surface area contributed by atoms with Crippen LogP contribution in [0, 0.1) is 0 Å². The number of hydrogen-bond donors (Lipinski definition) is 5. The van der Waals surface area contributed by atoms with E-state index in [1.54, 1.807) is 38.1 Å². The third-order valence-corrected chi connectivity index (χ3v) is 7.95. The zero-order chi connectivity index (χ0) is 27.3. The molecule has 8 heteroatoms. The quantitative estimate of drug-likeness (QED) is 0.188. The Labute approximate surface area is 217 Å². The largest absolute Gasteiger partial charge is 0.508 e. The van der Waals surface area contributed by atoms with E-state index in [0.717, 1.165) is 6.07 Å². The van der Waals surface area contributed by atoms with Gasteiger partial charge < -0.3 is 30.3 Å². The SMILES string of the molecule is CCCC1(O)Cc2cc3ccc4c(O)c5c(cc4c3c(O)c2C(=O)O1)C(C)(C)c1cc(O)cc(O)c1C5=O. The topological polar surface area (TPSA) is 145 Å². The molecule has 4 aromatic rings. The van der Waals surface area contributed by atoms with Crippen molar-refractivity contribution in [3.05, 3.63) is 69.8 Å². The molecule has 1 heterocycles. The summed E-state index contributed by atoms with van der Waals surface area (Å²) in [5.41, 5.74) is 0.355. The summed E-state index contributed by atoms with van der Waals surface area (Å²) in [4.78, 5) is 26.5. The Balaban J connectivity index is 1.67. The van der Waals surface area contributed by atoms with Gasteiger partial charge in [0, 0.05) is 35.1 Å². The van der Waals surface area contributed by atoms with Crippen LogP contribution in [0.5, 0.6) is 23.0 Å². The lowest BCUT2D eigenvalue weighted by Crippen LogP contribution is -2.41. The summed E-state index contributed by atoms with van der Waals surface area (Å²) in [6.07, 6.45) is 0.884. The van der Waals surface area contributed by atoms with Crippen molar-refractivity contribution in [1.82, 2.24) is 0 Å². The van der Waals surface area contributed by atoms with Gasteiger partial charge in [0.1, 0.15) is 28.6 Å². The summed E-state index contributed by atoms with van der Waals surface area (Å²) in [7, 11) is 0. The van der Waals surface area contributed by atoms with Crippen molar-refractivity contribution >= 4 is 33.3 Å². The number of ether oxygens (including phenoxy) is 1. The molecule has 38 heavy (non-hydrogen) atoms. The predicted octanol–water partition coefficient (Wildman–Crippen LogP) is 4.89. The first-order valence-corrected chi connectivity index (χ1v) is 12.4. The first-order chi connectivity index (χ1) is 17.9. The molecule has 1 aliphatic heterocycles. The molecular formula is C30H26O8. The highest BCUT2D eigenvalue weighted by Crippen LogP contribution is 2.51. The number of benzene rings is 4. The second kappa shape index (κ2) is 7.61. The molecule has 1 unspecified atom stereocenters. The van der Waals surface area contributed by atoms with Gasteiger partial charge in [-0.1, -0.05) is 26.8 Å². The molecule has 6 rings (SSSR count). The predicted molar refractivity (Wildman–Crippen MR) is 139 cm³/mol. The van der Waals surface area contributed by atoms with Crippen LogP contribution in [0.1, 0.15) is 76.6 Å². The zero-order valence-corrected chi connectivity index (χ0v) is 21.0. The summed E-state index contributed by atoms with van der Waals surface area (Å²) >= 11 is 0. The van der Waals surface area contributed by atoms with E-state index in [1.807, 2.05) is 6.92 Å². The van der Waals surface area contributed by atoms with Crippen molar-refractivity contribution in [2.75, 3.05) is 0 Å². The molecule has 0 saturated heterocycles. The van der Waals surface area contributed by atoms with Crippen molar-refractivity contribution < 1.29 is 39.9 Å². The highest BCUT2D eigenvalue weighted by atomic mass is 16.7. The van der Waals surface area contributed by atoms with Crippen molar-refractivity contribution in [1.29, 1.82) is 0 Å². The number of carbonyl (C=O) groups excluding carboxylic acids is 2. The van der Waals surface area contributed by atoms with E-state index in [-0.39, 0.29) is 57.9 Å². The first-order valence-electron chi connectivity index (χ1n) is 12.4. The van der Waals surface area contributed by atoms with Crippen LogP contribution in [0.4, 0.5) is 0 Å². The minimum absolute atomic E-state index is 0.00923. The normalized spacial score (nSPS) is 19.7. The molecule has 0 saturated carbocycles. The van der Waals surface area contributed by atoms with Gasteiger partial charge in [0.05, 0.1) is 11.1 Å². The maximum atomic E-state index is 13.5. The standard InChI is InChI=1S/C30H26O8/c1-4-7-30(37)12-14-8-13-5-6-16-17(21(13)26(34)22(14)28(36)38-30)11-19-24(25(16)33)27(35)23-18(29(19,2)3)9-15(31)10-20(23)32/h5-6,8-11,31-34,37H,4,7,12H2,1-3H3. The molecule has 4 aromatic carbocycles.